The lowest BCUT2D eigenvalue weighted by atomic mass is 9.71. The lowest BCUT2D eigenvalue weighted by Crippen LogP contribution is -2.39. The van der Waals surface area contributed by atoms with Gasteiger partial charge in [-0.1, -0.05) is 19.8 Å². The van der Waals surface area contributed by atoms with Gasteiger partial charge in [-0.05, 0) is 26.7 Å². The fourth-order valence-electron chi connectivity index (χ4n) is 2.71. The van der Waals surface area contributed by atoms with Crippen LogP contribution in [-0.4, -0.2) is 11.6 Å². The van der Waals surface area contributed by atoms with Gasteiger partial charge in [0.05, 0.1) is 11.1 Å². The maximum atomic E-state index is 11.5. The molecule has 0 spiro atoms. The van der Waals surface area contributed by atoms with Gasteiger partial charge in [-0.25, -0.2) is 0 Å². The van der Waals surface area contributed by atoms with Crippen molar-refractivity contribution in [3.63, 3.8) is 0 Å². The third-order valence-corrected chi connectivity index (χ3v) is 3.65. The van der Waals surface area contributed by atoms with Crippen molar-refractivity contribution in [2.45, 2.75) is 46.5 Å². The Labute approximate surface area is 85.0 Å². The average molecular weight is 193 g/mol. The third-order valence-electron chi connectivity index (χ3n) is 3.65. The number of amides is 1. The van der Waals surface area contributed by atoms with Gasteiger partial charge in [0.2, 0.25) is 0 Å². The van der Waals surface area contributed by atoms with Crippen LogP contribution in [0.25, 0.3) is 0 Å². The molecular formula is C11H17N2O. The van der Waals surface area contributed by atoms with E-state index in [1.807, 2.05) is 13.8 Å². The highest BCUT2D eigenvalue weighted by Crippen LogP contribution is 2.45. The molecule has 77 valence electrons. The maximum Gasteiger partial charge on any atom is 0.275 e. The van der Waals surface area contributed by atoms with Crippen molar-refractivity contribution in [3.8, 4) is 0 Å². The van der Waals surface area contributed by atoms with Crippen LogP contribution < -0.4 is 5.43 Å². The van der Waals surface area contributed by atoms with Crippen LogP contribution in [0, 0.1) is 10.8 Å². The molecule has 3 heteroatoms. The lowest BCUT2D eigenvalue weighted by molar-refractivity contribution is -0.125. The predicted octanol–water partition coefficient (Wildman–Crippen LogP) is 2.09. The van der Waals surface area contributed by atoms with Gasteiger partial charge in [0.25, 0.3) is 5.91 Å². The van der Waals surface area contributed by atoms with Gasteiger partial charge in [0.1, 0.15) is 0 Å². The molecule has 2 rings (SSSR count). The predicted molar refractivity (Wildman–Crippen MR) is 54.9 cm³/mol. The fourth-order valence-corrected chi connectivity index (χ4v) is 2.71. The van der Waals surface area contributed by atoms with E-state index in [0.29, 0.717) is 0 Å². The van der Waals surface area contributed by atoms with Crippen LogP contribution in [-0.2, 0) is 4.79 Å². The van der Waals surface area contributed by atoms with Crippen LogP contribution in [0.3, 0.4) is 0 Å². The van der Waals surface area contributed by atoms with Crippen molar-refractivity contribution < 1.29 is 4.79 Å². The van der Waals surface area contributed by atoms with Gasteiger partial charge < -0.3 is 0 Å². The van der Waals surface area contributed by atoms with E-state index in [4.69, 9.17) is 0 Å². The Morgan fingerprint density at radius 3 is 2.14 bits per heavy atom. The number of hydrogen-bond acceptors (Lipinski definition) is 2. The number of carbonyl (C=O) groups is 1. The number of rotatable bonds is 1. The number of carbonyl (C=O) groups excluding carboxylic acids is 1. The molecule has 0 saturated heterocycles. The highest BCUT2D eigenvalue weighted by atomic mass is 16.2. The summed E-state index contributed by atoms with van der Waals surface area (Å²) in [4.78, 5) is 11.5. The molecular weight excluding hydrogens is 176 g/mol. The fraction of sp³-hybridized carbons (Fsp3) is 0.818. The third kappa shape index (κ3) is 1.18. The van der Waals surface area contributed by atoms with Crippen LogP contribution in [0.4, 0.5) is 0 Å². The van der Waals surface area contributed by atoms with Gasteiger partial charge in [-0.3, -0.25) is 4.79 Å². The summed E-state index contributed by atoms with van der Waals surface area (Å²) in [5, 5.41) is 4.12. The quantitative estimate of drug-likeness (QED) is 0.628. The molecule has 0 N–H and O–H groups in total. The molecule has 0 atom stereocenters. The topological polar surface area (TPSA) is 43.5 Å². The largest absolute Gasteiger partial charge is 0.275 e. The Balaban J connectivity index is 2.31. The maximum absolute atomic E-state index is 11.5. The summed E-state index contributed by atoms with van der Waals surface area (Å²) in [6.07, 6.45) is 4.80. The van der Waals surface area contributed by atoms with E-state index in [0.717, 1.165) is 18.6 Å². The average Bonchev–Trinajstić information content (AvgIpc) is 2.61. The molecule has 0 aromatic carbocycles. The molecule has 0 aromatic heterocycles. The number of nitrogens with zero attached hydrogens (tertiary/aromatic N) is 2. The molecule has 1 heterocycles. The first kappa shape index (κ1) is 9.69. The summed E-state index contributed by atoms with van der Waals surface area (Å²) in [5.74, 6) is -0.0828. The first-order chi connectivity index (χ1) is 6.47. The molecule has 0 unspecified atom stereocenters. The van der Waals surface area contributed by atoms with Crippen molar-refractivity contribution in [2.24, 2.45) is 15.9 Å². The van der Waals surface area contributed by atoms with E-state index >= 15 is 0 Å². The minimum atomic E-state index is -0.459. The van der Waals surface area contributed by atoms with Crippen molar-refractivity contribution >= 4 is 11.6 Å². The molecule has 14 heavy (non-hydrogen) atoms. The normalized spacial score (nSPS) is 28.8. The van der Waals surface area contributed by atoms with Gasteiger partial charge >= 0.3 is 0 Å². The highest BCUT2D eigenvalue weighted by molar-refractivity contribution is 6.13. The van der Waals surface area contributed by atoms with E-state index in [-0.39, 0.29) is 11.3 Å². The molecule has 1 aliphatic carbocycles. The molecule has 0 aromatic rings. The van der Waals surface area contributed by atoms with Crippen molar-refractivity contribution in [2.75, 3.05) is 0 Å². The van der Waals surface area contributed by atoms with Gasteiger partial charge in [-0.2, -0.15) is 5.10 Å². The van der Waals surface area contributed by atoms with Crippen molar-refractivity contribution in [3.05, 3.63) is 0 Å². The van der Waals surface area contributed by atoms with E-state index in [1.54, 1.807) is 0 Å². The van der Waals surface area contributed by atoms with Gasteiger partial charge in [-0.15, -0.1) is 5.43 Å². The lowest BCUT2D eigenvalue weighted by Gasteiger charge is -2.30. The van der Waals surface area contributed by atoms with Gasteiger partial charge in [0, 0.05) is 5.41 Å². The minimum Gasteiger partial charge on any atom is -0.270 e. The van der Waals surface area contributed by atoms with E-state index < -0.39 is 5.41 Å². The SMILES string of the molecule is CC1(C2=N[N]C(=O)C2(C)C)CCCC1. The summed E-state index contributed by atoms with van der Waals surface area (Å²) in [5.41, 5.74) is 4.38. The second-order valence-electron chi connectivity index (χ2n) is 5.25. The summed E-state index contributed by atoms with van der Waals surface area (Å²) < 4.78 is 0. The van der Waals surface area contributed by atoms with Crippen LogP contribution in [0.5, 0.6) is 0 Å². The summed E-state index contributed by atoms with van der Waals surface area (Å²) in [7, 11) is 0. The van der Waals surface area contributed by atoms with Crippen LogP contribution >= 0.6 is 0 Å². The molecule has 1 fully saturated rings. The summed E-state index contributed by atoms with van der Waals surface area (Å²) >= 11 is 0. The summed E-state index contributed by atoms with van der Waals surface area (Å²) in [6, 6.07) is 0. The van der Waals surface area contributed by atoms with E-state index in [1.165, 1.54) is 12.8 Å². The van der Waals surface area contributed by atoms with Gasteiger partial charge in [0.15, 0.2) is 0 Å². The molecule has 0 bridgehead atoms. The zero-order chi connectivity index (χ0) is 10.4. The first-order valence-corrected chi connectivity index (χ1v) is 5.31. The van der Waals surface area contributed by atoms with Crippen LogP contribution in [0.2, 0.25) is 0 Å². The monoisotopic (exact) mass is 193 g/mol. The number of hydrogen-bond donors (Lipinski definition) is 0. The minimum absolute atomic E-state index is 0.0828. The molecule has 1 radical (unpaired) electrons. The Kier molecular flexibility index (Phi) is 1.95. The highest BCUT2D eigenvalue weighted by Gasteiger charge is 2.49. The molecule has 3 nitrogen and oxygen atoms in total. The van der Waals surface area contributed by atoms with Crippen LogP contribution in [0.15, 0.2) is 5.10 Å². The standard InChI is InChI=1S/C11H17N2O/c1-10(2)8(12-13-9(10)14)11(3)6-4-5-7-11/h4-7H2,1-3H3. The van der Waals surface area contributed by atoms with Crippen molar-refractivity contribution in [1.82, 2.24) is 5.43 Å². The molecule has 1 amide bonds. The van der Waals surface area contributed by atoms with Crippen molar-refractivity contribution in [1.29, 1.82) is 0 Å². The second kappa shape index (κ2) is 2.81. The Bertz CT molecular complexity index is 298. The zero-order valence-electron chi connectivity index (χ0n) is 9.13. The Morgan fingerprint density at radius 2 is 1.71 bits per heavy atom. The van der Waals surface area contributed by atoms with E-state index in [9.17, 15) is 4.79 Å². The van der Waals surface area contributed by atoms with Crippen LogP contribution in [0.1, 0.15) is 46.5 Å². The second-order valence-corrected chi connectivity index (χ2v) is 5.25. The molecule has 1 saturated carbocycles. The smallest absolute Gasteiger partial charge is 0.270 e. The first-order valence-electron chi connectivity index (χ1n) is 5.31. The Morgan fingerprint density at radius 1 is 1.14 bits per heavy atom. The Hall–Kier alpha value is -0.860. The zero-order valence-corrected chi connectivity index (χ0v) is 9.13. The van der Waals surface area contributed by atoms with E-state index in [2.05, 4.69) is 17.5 Å². The molecule has 1 aliphatic heterocycles. The molecule has 2 aliphatic rings. The summed E-state index contributed by atoms with van der Waals surface area (Å²) in [6.45, 7) is 6.09.